The minimum atomic E-state index is -0.403. The van der Waals surface area contributed by atoms with Crippen molar-refractivity contribution in [2.45, 2.75) is 26.4 Å². The predicted molar refractivity (Wildman–Crippen MR) is 142 cm³/mol. The van der Waals surface area contributed by atoms with Crippen LogP contribution in [-0.2, 0) is 6.54 Å². The van der Waals surface area contributed by atoms with Gasteiger partial charge in [0.2, 0.25) is 0 Å². The highest BCUT2D eigenvalue weighted by atomic mass is 19.1. The van der Waals surface area contributed by atoms with Crippen molar-refractivity contribution in [3.63, 3.8) is 0 Å². The summed E-state index contributed by atoms with van der Waals surface area (Å²) in [7, 11) is 0. The molecule has 1 atom stereocenters. The number of halogens is 1. The van der Waals surface area contributed by atoms with Crippen molar-refractivity contribution in [2.75, 3.05) is 5.32 Å². The summed E-state index contributed by atoms with van der Waals surface area (Å²) < 4.78 is 18.0. The van der Waals surface area contributed by atoms with Crippen molar-refractivity contribution in [3.05, 3.63) is 131 Å². The Bertz CT molecular complexity index is 1600. The van der Waals surface area contributed by atoms with Gasteiger partial charge in [0.15, 0.2) is 0 Å². The van der Waals surface area contributed by atoms with Gasteiger partial charge < -0.3 is 14.8 Å². The molecule has 2 amide bonds. The molecule has 0 aliphatic carbocycles. The van der Waals surface area contributed by atoms with Crippen LogP contribution in [0.25, 0.3) is 11.5 Å². The van der Waals surface area contributed by atoms with Crippen molar-refractivity contribution >= 4 is 11.7 Å². The molecule has 3 aromatic carbocycles. The number of urea groups is 1. The van der Waals surface area contributed by atoms with E-state index in [1.54, 1.807) is 17.0 Å². The SMILES string of the molecule is Cc1cccc([C@H]2c3cccn3-c3c(c(C)nn3-c3ccccc3)CN2C(=O)Nc2cccc(F)c2)c1. The molecule has 0 bridgehead atoms. The van der Waals surface area contributed by atoms with Crippen LogP contribution in [0, 0.1) is 19.7 Å². The topological polar surface area (TPSA) is 55.1 Å². The zero-order valence-electron chi connectivity index (χ0n) is 20.6. The fraction of sp³-hybridized carbons (Fsp3) is 0.133. The first kappa shape index (κ1) is 22.8. The highest BCUT2D eigenvalue weighted by molar-refractivity contribution is 5.90. The second-order valence-corrected chi connectivity index (χ2v) is 9.32. The van der Waals surface area contributed by atoms with Crippen LogP contribution >= 0.6 is 0 Å². The molecule has 0 radical (unpaired) electrons. The highest BCUT2D eigenvalue weighted by Crippen LogP contribution is 2.39. The summed E-state index contributed by atoms with van der Waals surface area (Å²) in [6.45, 7) is 4.34. The highest BCUT2D eigenvalue weighted by Gasteiger charge is 2.36. The smallest absolute Gasteiger partial charge is 0.308 e. The Morgan fingerprint density at radius 2 is 1.76 bits per heavy atom. The third-order valence-electron chi connectivity index (χ3n) is 6.78. The molecule has 0 spiro atoms. The van der Waals surface area contributed by atoms with Gasteiger partial charge in [-0.1, -0.05) is 54.1 Å². The number of nitrogens with one attached hydrogen (secondary N) is 1. The molecule has 6 nitrogen and oxygen atoms in total. The van der Waals surface area contributed by atoms with E-state index in [9.17, 15) is 9.18 Å². The van der Waals surface area contributed by atoms with Crippen molar-refractivity contribution in [3.8, 4) is 11.5 Å². The number of nitrogens with zero attached hydrogens (tertiary/aromatic N) is 4. The maximum absolute atomic E-state index is 13.9. The molecule has 0 unspecified atom stereocenters. The number of benzene rings is 3. The molecule has 0 saturated carbocycles. The number of hydrogen-bond donors (Lipinski definition) is 1. The van der Waals surface area contributed by atoms with Gasteiger partial charge >= 0.3 is 6.03 Å². The lowest BCUT2D eigenvalue weighted by Gasteiger charge is -2.31. The Balaban J connectivity index is 1.54. The summed E-state index contributed by atoms with van der Waals surface area (Å²) in [5, 5.41) is 7.79. The number of hydrogen-bond acceptors (Lipinski definition) is 2. The van der Waals surface area contributed by atoms with Crippen molar-refractivity contribution in [2.24, 2.45) is 0 Å². The van der Waals surface area contributed by atoms with Crippen LogP contribution in [0.4, 0.5) is 14.9 Å². The van der Waals surface area contributed by atoms with Gasteiger partial charge in [-0.15, -0.1) is 0 Å². The third-order valence-corrected chi connectivity index (χ3v) is 6.78. The first-order valence-electron chi connectivity index (χ1n) is 12.2. The molecule has 0 fully saturated rings. The van der Waals surface area contributed by atoms with Crippen molar-refractivity contribution in [1.82, 2.24) is 19.2 Å². The van der Waals surface area contributed by atoms with E-state index >= 15 is 0 Å². The van der Waals surface area contributed by atoms with E-state index in [2.05, 4.69) is 16.0 Å². The van der Waals surface area contributed by atoms with Crippen LogP contribution in [0.3, 0.4) is 0 Å². The molecule has 7 heteroatoms. The lowest BCUT2D eigenvalue weighted by molar-refractivity contribution is 0.194. The molecule has 184 valence electrons. The van der Waals surface area contributed by atoms with Gasteiger partial charge in [-0.25, -0.2) is 13.9 Å². The number of carbonyl (C=O) groups is 1. The second-order valence-electron chi connectivity index (χ2n) is 9.32. The minimum Gasteiger partial charge on any atom is -0.308 e. The number of amides is 2. The summed E-state index contributed by atoms with van der Waals surface area (Å²) in [5.41, 5.74) is 6.18. The van der Waals surface area contributed by atoms with Gasteiger partial charge in [0, 0.05) is 17.4 Å². The number of para-hydroxylation sites is 1. The summed E-state index contributed by atoms with van der Waals surface area (Å²) >= 11 is 0. The quantitative estimate of drug-likeness (QED) is 0.311. The number of rotatable bonds is 3. The normalized spacial score (nSPS) is 14.6. The molecule has 1 N–H and O–H groups in total. The van der Waals surface area contributed by atoms with Crippen LogP contribution in [0.15, 0.2) is 97.2 Å². The number of carbonyl (C=O) groups excluding carboxylic acids is 1. The predicted octanol–water partition coefficient (Wildman–Crippen LogP) is 6.56. The zero-order chi connectivity index (χ0) is 25.5. The van der Waals surface area contributed by atoms with Crippen LogP contribution in [-0.4, -0.2) is 25.3 Å². The lowest BCUT2D eigenvalue weighted by Crippen LogP contribution is -2.38. The molecule has 6 rings (SSSR count). The molecular formula is C30H26FN5O. The molecule has 5 aromatic rings. The van der Waals surface area contributed by atoms with Crippen LogP contribution in [0.1, 0.15) is 34.1 Å². The molecule has 1 aliphatic rings. The fourth-order valence-electron chi connectivity index (χ4n) is 5.10. The van der Waals surface area contributed by atoms with Gasteiger partial charge in [-0.05, 0) is 61.9 Å². The molecular weight excluding hydrogens is 465 g/mol. The number of aryl methyl sites for hydroxylation is 2. The van der Waals surface area contributed by atoms with Crippen molar-refractivity contribution < 1.29 is 9.18 Å². The Morgan fingerprint density at radius 1 is 0.946 bits per heavy atom. The average molecular weight is 492 g/mol. The molecule has 0 saturated heterocycles. The molecule has 37 heavy (non-hydrogen) atoms. The number of aromatic nitrogens is 3. The van der Waals surface area contributed by atoms with Gasteiger partial charge in [-0.3, -0.25) is 0 Å². The van der Waals surface area contributed by atoms with E-state index in [0.717, 1.165) is 39.6 Å². The largest absolute Gasteiger partial charge is 0.322 e. The Labute approximate surface area is 214 Å². The monoisotopic (exact) mass is 491 g/mol. The van der Waals surface area contributed by atoms with E-state index in [1.807, 2.05) is 85.4 Å². The summed E-state index contributed by atoms with van der Waals surface area (Å²) in [6, 6.07) is 27.5. The molecule has 1 aliphatic heterocycles. The first-order chi connectivity index (χ1) is 18.0. The summed E-state index contributed by atoms with van der Waals surface area (Å²) in [6.07, 6.45) is 2.02. The van der Waals surface area contributed by atoms with E-state index in [1.165, 1.54) is 12.1 Å². The van der Waals surface area contributed by atoms with Crippen molar-refractivity contribution in [1.29, 1.82) is 0 Å². The Kier molecular flexibility index (Phi) is 5.60. The number of fused-ring (bicyclic) bond motifs is 3. The van der Waals surface area contributed by atoms with Gasteiger partial charge in [0.05, 0.1) is 29.7 Å². The molecule has 3 heterocycles. The van der Waals surface area contributed by atoms with Crippen LogP contribution < -0.4 is 5.32 Å². The average Bonchev–Trinajstić information content (AvgIpc) is 3.45. The van der Waals surface area contributed by atoms with Gasteiger partial charge in [-0.2, -0.15) is 5.10 Å². The van der Waals surface area contributed by atoms with E-state index in [-0.39, 0.29) is 12.1 Å². The maximum Gasteiger partial charge on any atom is 0.322 e. The van der Waals surface area contributed by atoms with E-state index in [0.29, 0.717) is 12.2 Å². The maximum atomic E-state index is 13.9. The Morgan fingerprint density at radius 3 is 2.54 bits per heavy atom. The van der Waals surface area contributed by atoms with Crippen LogP contribution in [0.2, 0.25) is 0 Å². The molecule has 2 aromatic heterocycles. The zero-order valence-corrected chi connectivity index (χ0v) is 20.6. The summed E-state index contributed by atoms with van der Waals surface area (Å²) in [4.78, 5) is 15.7. The summed E-state index contributed by atoms with van der Waals surface area (Å²) in [5.74, 6) is 0.502. The van der Waals surface area contributed by atoms with E-state index in [4.69, 9.17) is 5.10 Å². The van der Waals surface area contributed by atoms with Gasteiger partial charge in [0.25, 0.3) is 0 Å². The lowest BCUT2D eigenvalue weighted by atomic mass is 10.00. The van der Waals surface area contributed by atoms with Gasteiger partial charge in [0.1, 0.15) is 11.6 Å². The number of anilines is 1. The first-order valence-corrected chi connectivity index (χ1v) is 12.2. The third kappa shape index (κ3) is 4.08. The van der Waals surface area contributed by atoms with Crippen LogP contribution in [0.5, 0.6) is 0 Å². The fourth-order valence-corrected chi connectivity index (χ4v) is 5.10. The standard InChI is InChI=1S/C30H26FN5O/c1-20-9-6-10-22(17-20)28-27-15-8-16-34(27)29-26(21(2)33-36(29)25-13-4-3-5-14-25)19-35(28)30(37)32-24-12-7-11-23(31)18-24/h3-18,28H,19H2,1-2H3,(H,32,37)/t28-/m0/s1. The second kappa shape index (κ2) is 9.09. The Hall–Kier alpha value is -4.65. The van der Waals surface area contributed by atoms with E-state index < -0.39 is 5.82 Å². The minimum absolute atomic E-state index is 0.315.